The molecule has 0 N–H and O–H groups in total. The summed E-state index contributed by atoms with van der Waals surface area (Å²) in [6.45, 7) is 8.15. The number of aromatic nitrogens is 1. The van der Waals surface area contributed by atoms with E-state index in [1.807, 2.05) is 49.1 Å². The molecule has 1 saturated heterocycles. The highest BCUT2D eigenvalue weighted by molar-refractivity contribution is 5.92. The van der Waals surface area contributed by atoms with Gasteiger partial charge >= 0.3 is 0 Å². The van der Waals surface area contributed by atoms with Crippen molar-refractivity contribution < 1.29 is 18.8 Å². The minimum Gasteiger partial charge on any atom is -0.493 e. The van der Waals surface area contributed by atoms with Crippen LogP contribution in [0.2, 0.25) is 0 Å². The van der Waals surface area contributed by atoms with Gasteiger partial charge in [0.1, 0.15) is 0 Å². The van der Waals surface area contributed by atoms with Gasteiger partial charge in [0.25, 0.3) is 0 Å². The number of ether oxygens (including phenoxy) is 2. The minimum atomic E-state index is 0.0175. The molecule has 0 saturated carbocycles. The lowest BCUT2D eigenvalue weighted by Crippen LogP contribution is -2.47. The summed E-state index contributed by atoms with van der Waals surface area (Å²) in [6.07, 6.45) is 3.43. The van der Waals surface area contributed by atoms with Crippen molar-refractivity contribution in [3.63, 3.8) is 0 Å². The molecule has 1 fully saturated rings. The highest BCUT2D eigenvalue weighted by Gasteiger charge is 2.20. The number of hydrogen-bond donors (Lipinski definition) is 0. The topological polar surface area (TPSA) is 68.0 Å². The molecule has 1 aliphatic rings. The number of piperazine rings is 1. The molecule has 7 heteroatoms. The Hall–Kier alpha value is -2.80. The Labute approximate surface area is 165 Å². The van der Waals surface area contributed by atoms with Gasteiger partial charge in [-0.25, -0.2) is 0 Å². The van der Waals surface area contributed by atoms with E-state index < -0.39 is 0 Å². The van der Waals surface area contributed by atoms with E-state index in [0.717, 1.165) is 36.7 Å². The second-order valence-electron chi connectivity index (χ2n) is 6.71. The Bertz CT molecular complexity index is 823. The molecule has 0 atom stereocenters. The van der Waals surface area contributed by atoms with Crippen molar-refractivity contribution in [2.45, 2.75) is 20.4 Å². The number of carbonyl (C=O) groups is 1. The van der Waals surface area contributed by atoms with E-state index in [1.54, 1.807) is 13.2 Å². The monoisotopic (exact) mass is 385 g/mol. The van der Waals surface area contributed by atoms with Gasteiger partial charge in [0, 0.05) is 38.3 Å². The standard InChI is InChI=1S/C21H27N3O4/c1-4-27-20-14-17(5-7-19(20)26-3)6-8-21(25)24-11-9-23(10-12-24)15-18-13-16(2)22-28-18/h5-8,13-14H,4,9-12,15H2,1-3H3/b8-6+. The molecule has 0 unspecified atom stereocenters. The Kier molecular flexibility index (Phi) is 6.71. The third kappa shape index (κ3) is 5.13. The molecule has 2 heterocycles. The maximum absolute atomic E-state index is 12.5. The third-order valence-corrected chi connectivity index (χ3v) is 4.65. The van der Waals surface area contributed by atoms with Crippen LogP contribution in [0.1, 0.15) is 23.9 Å². The van der Waals surface area contributed by atoms with Crippen molar-refractivity contribution in [3.8, 4) is 11.5 Å². The quantitative estimate of drug-likeness (QED) is 0.683. The van der Waals surface area contributed by atoms with Crippen LogP contribution in [0, 0.1) is 6.92 Å². The van der Waals surface area contributed by atoms with Crippen LogP contribution in [0.4, 0.5) is 0 Å². The highest BCUT2D eigenvalue weighted by Crippen LogP contribution is 2.28. The summed E-state index contributed by atoms with van der Waals surface area (Å²) in [5, 5.41) is 3.91. The number of hydrogen-bond acceptors (Lipinski definition) is 6. The normalized spacial score (nSPS) is 15.2. The SMILES string of the molecule is CCOc1cc(/C=C/C(=O)N2CCN(Cc3cc(C)no3)CC2)ccc1OC. The van der Waals surface area contributed by atoms with Crippen LogP contribution >= 0.6 is 0 Å². The number of amides is 1. The van der Waals surface area contributed by atoms with Crippen LogP contribution in [0.25, 0.3) is 6.08 Å². The van der Waals surface area contributed by atoms with E-state index in [0.29, 0.717) is 31.2 Å². The van der Waals surface area contributed by atoms with E-state index in [4.69, 9.17) is 14.0 Å². The lowest BCUT2D eigenvalue weighted by molar-refractivity contribution is -0.127. The lowest BCUT2D eigenvalue weighted by atomic mass is 10.2. The lowest BCUT2D eigenvalue weighted by Gasteiger charge is -2.33. The number of methoxy groups -OCH3 is 1. The van der Waals surface area contributed by atoms with Crippen LogP contribution in [0.3, 0.4) is 0 Å². The molecule has 1 aromatic carbocycles. The molecule has 150 valence electrons. The van der Waals surface area contributed by atoms with Crippen molar-refractivity contribution in [1.82, 2.24) is 15.0 Å². The van der Waals surface area contributed by atoms with Gasteiger partial charge in [0.2, 0.25) is 5.91 Å². The van der Waals surface area contributed by atoms with Crippen molar-refractivity contribution in [2.24, 2.45) is 0 Å². The van der Waals surface area contributed by atoms with Crippen LogP contribution < -0.4 is 9.47 Å². The van der Waals surface area contributed by atoms with Gasteiger partial charge in [-0.05, 0) is 37.6 Å². The van der Waals surface area contributed by atoms with Gasteiger partial charge in [-0.3, -0.25) is 9.69 Å². The first-order valence-corrected chi connectivity index (χ1v) is 9.51. The van der Waals surface area contributed by atoms with Gasteiger partial charge in [-0.2, -0.15) is 0 Å². The zero-order valence-electron chi connectivity index (χ0n) is 16.7. The van der Waals surface area contributed by atoms with Gasteiger partial charge in [-0.15, -0.1) is 0 Å². The average Bonchev–Trinajstić information content (AvgIpc) is 3.11. The first-order valence-electron chi connectivity index (χ1n) is 9.51. The molecule has 1 aliphatic heterocycles. The molecule has 3 rings (SSSR count). The molecule has 1 amide bonds. The molecule has 0 spiro atoms. The van der Waals surface area contributed by atoms with E-state index in [9.17, 15) is 4.79 Å². The summed E-state index contributed by atoms with van der Waals surface area (Å²) in [5.41, 5.74) is 1.79. The molecular weight excluding hydrogens is 358 g/mol. The first-order chi connectivity index (χ1) is 13.6. The zero-order chi connectivity index (χ0) is 19.9. The Balaban J connectivity index is 1.53. The molecule has 7 nitrogen and oxygen atoms in total. The van der Waals surface area contributed by atoms with E-state index in [2.05, 4.69) is 10.1 Å². The summed E-state index contributed by atoms with van der Waals surface area (Å²) in [7, 11) is 1.61. The third-order valence-electron chi connectivity index (χ3n) is 4.65. The van der Waals surface area contributed by atoms with Gasteiger partial charge in [0.15, 0.2) is 17.3 Å². The fourth-order valence-electron chi connectivity index (χ4n) is 3.18. The summed E-state index contributed by atoms with van der Waals surface area (Å²) in [5.74, 6) is 2.24. The molecule has 2 aromatic rings. The minimum absolute atomic E-state index is 0.0175. The van der Waals surface area contributed by atoms with Crippen molar-refractivity contribution >= 4 is 12.0 Å². The van der Waals surface area contributed by atoms with Crippen LogP contribution in [-0.4, -0.2) is 60.8 Å². The summed E-state index contributed by atoms with van der Waals surface area (Å²) >= 11 is 0. The highest BCUT2D eigenvalue weighted by atomic mass is 16.5. The van der Waals surface area contributed by atoms with E-state index >= 15 is 0 Å². The predicted molar refractivity (Wildman–Crippen MR) is 106 cm³/mol. The zero-order valence-corrected chi connectivity index (χ0v) is 16.7. The van der Waals surface area contributed by atoms with Crippen LogP contribution in [0.15, 0.2) is 34.9 Å². The fourth-order valence-corrected chi connectivity index (χ4v) is 3.18. The van der Waals surface area contributed by atoms with Crippen LogP contribution in [-0.2, 0) is 11.3 Å². The summed E-state index contributed by atoms with van der Waals surface area (Å²) in [4.78, 5) is 16.6. The second-order valence-corrected chi connectivity index (χ2v) is 6.71. The van der Waals surface area contributed by atoms with Gasteiger partial charge < -0.3 is 18.9 Å². The summed E-state index contributed by atoms with van der Waals surface area (Å²) in [6, 6.07) is 7.58. The van der Waals surface area contributed by atoms with Crippen molar-refractivity contribution in [2.75, 3.05) is 39.9 Å². The molecule has 28 heavy (non-hydrogen) atoms. The maximum Gasteiger partial charge on any atom is 0.246 e. The molecule has 0 aliphatic carbocycles. The van der Waals surface area contributed by atoms with E-state index in [1.165, 1.54) is 0 Å². The molecular formula is C21H27N3O4. The van der Waals surface area contributed by atoms with Gasteiger partial charge in [0.05, 0.1) is 26.0 Å². The van der Waals surface area contributed by atoms with Crippen LogP contribution in [0.5, 0.6) is 11.5 Å². The molecule has 0 radical (unpaired) electrons. The fraction of sp³-hybridized carbons (Fsp3) is 0.429. The molecule has 0 bridgehead atoms. The molecule has 1 aromatic heterocycles. The number of aryl methyl sites for hydroxylation is 1. The van der Waals surface area contributed by atoms with Crippen molar-refractivity contribution in [1.29, 1.82) is 0 Å². The second kappa shape index (κ2) is 9.41. The predicted octanol–water partition coefficient (Wildman–Crippen LogP) is 2.75. The van der Waals surface area contributed by atoms with Gasteiger partial charge in [-0.1, -0.05) is 11.2 Å². The smallest absolute Gasteiger partial charge is 0.246 e. The summed E-state index contributed by atoms with van der Waals surface area (Å²) < 4.78 is 16.1. The number of rotatable bonds is 7. The largest absolute Gasteiger partial charge is 0.493 e. The first kappa shape index (κ1) is 19.9. The maximum atomic E-state index is 12.5. The number of benzene rings is 1. The average molecular weight is 385 g/mol. The number of carbonyl (C=O) groups excluding carboxylic acids is 1. The van der Waals surface area contributed by atoms with Crippen molar-refractivity contribution in [3.05, 3.63) is 47.4 Å². The Morgan fingerprint density at radius 3 is 2.64 bits per heavy atom. The Morgan fingerprint density at radius 2 is 2.00 bits per heavy atom. The van der Waals surface area contributed by atoms with E-state index in [-0.39, 0.29) is 5.91 Å². The Morgan fingerprint density at radius 1 is 1.21 bits per heavy atom. The number of nitrogens with zero attached hydrogens (tertiary/aromatic N) is 3.